The topological polar surface area (TPSA) is 18.5 Å². The van der Waals surface area contributed by atoms with Gasteiger partial charge in [-0.3, -0.25) is 0 Å². The second kappa shape index (κ2) is 6.88. The van der Waals surface area contributed by atoms with Crippen molar-refractivity contribution in [3.05, 3.63) is 35.9 Å². The molecule has 0 aromatic heterocycles. The highest BCUT2D eigenvalue weighted by atomic mass is 15.2. The summed E-state index contributed by atoms with van der Waals surface area (Å²) in [6.07, 6.45) is 1.23. The Morgan fingerprint density at radius 3 is 2.83 bits per heavy atom. The van der Waals surface area contributed by atoms with E-state index < -0.39 is 0 Å². The SMILES string of the molecule is CN(CCC1CN(C)CCN1)Cc1ccccc1. The Morgan fingerprint density at radius 2 is 2.11 bits per heavy atom. The average molecular weight is 247 g/mol. The quantitative estimate of drug-likeness (QED) is 0.849. The first-order valence-electron chi connectivity index (χ1n) is 6.88. The molecule has 1 atom stereocenters. The summed E-state index contributed by atoms with van der Waals surface area (Å²) in [5, 5.41) is 3.60. The molecule has 3 nitrogen and oxygen atoms in total. The highest BCUT2D eigenvalue weighted by Gasteiger charge is 2.16. The van der Waals surface area contributed by atoms with E-state index in [9.17, 15) is 0 Å². The third kappa shape index (κ3) is 4.41. The summed E-state index contributed by atoms with van der Waals surface area (Å²) in [6.45, 7) is 5.68. The molecule has 1 aliphatic rings. The van der Waals surface area contributed by atoms with Crippen molar-refractivity contribution in [2.45, 2.75) is 19.0 Å². The molecule has 1 unspecified atom stereocenters. The van der Waals surface area contributed by atoms with Gasteiger partial charge in [-0.05, 0) is 32.6 Å². The van der Waals surface area contributed by atoms with E-state index in [1.54, 1.807) is 0 Å². The fourth-order valence-corrected chi connectivity index (χ4v) is 2.54. The molecule has 0 aliphatic carbocycles. The first-order valence-corrected chi connectivity index (χ1v) is 6.88. The molecule has 100 valence electrons. The molecule has 18 heavy (non-hydrogen) atoms. The van der Waals surface area contributed by atoms with E-state index in [1.807, 2.05) is 0 Å². The zero-order valence-corrected chi connectivity index (χ0v) is 11.6. The van der Waals surface area contributed by atoms with Gasteiger partial charge in [0.15, 0.2) is 0 Å². The van der Waals surface area contributed by atoms with E-state index in [0.29, 0.717) is 6.04 Å². The van der Waals surface area contributed by atoms with Gasteiger partial charge in [0.05, 0.1) is 0 Å². The fraction of sp³-hybridized carbons (Fsp3) is 0.600. The lowest BCUT2D eigenvalue weighted by Gasteiger charge is -2.32. The van der Waals surface area contributed by atoms with Crippen LogP contribution in [0.2, 0.25) is 0 Å². The minimum Gasteiger partial charge on any atom is -0.311 e. The van der Waals surface area contributed by atoms with Crippen LogP contribution in [0.4, 0.5) is 0 Å². The van der Waals surface area contributed by atoms with E-state index in [0.717, 1.165) is 19.6 Å². The van der Waals surface area contributed by atoms with E-state index in [4.69, 9.17) is 0 Å². The number of nitrogens with zero attached hydrogens (tertiary/aromatic N) is 2. The predicted octanol–water partition coefficient (Wildman–Crippen LogP) is 1.41. The first kappa shape index (κ1) is 13.5. The van der Waals surface area contributed by atoms with Crippen molar-refractivity contribution in [2.24, 2.45) is 0 Å². The molecule has 0 saturated carbocycles. The van der Waals surface area contributed by atoms with Crippen LogP contribution in [0, 0.1) is 0 Å². The zero-order chi connectivity index (χ0) is 12.8. The molecule has 1 saturated heterocycles. The van der Waals surface area contributed by atoms with E-state index in [-0.39, 0.29) is 0 Å². The second-order valence-electron chi connectivity index (χ2n) is 5.43. The molecule has 1 aliphatic heterocycles. The van der Waals surface area contributed by atoms with Crippen molar-refractivity contribution in [2.75, 3.05) is 40.3 Å². The molecule has 1 heterocycles. The molecule has 0 spiro atoms. The van der Waals surface area contributed by atoms with Crippen molar-refractivity contribution in [3.63, 3.8) is 0 Å². The lowest BCUT2D eigenvalue weighted by Crippen LogP contribution is -2.49. The van der Waals surface area contributed by atoms with Crippen LogP contribution in [-0.2, 0) is 6.54 Å². The highest BCUT2D eigenvalue weighted by Crippen LogP contribution is 2.05. The molecule has 1 aromatic carbocycles. The maximum absolute atomic E-state index is 3.60. The van der Waals surface area contributed by atoms with Crippen molar-refractivity contribution >= 4 is 0 Å². The summed E-state index contributed by atoms with van der Waals surface area (Å²) in [7, 11) is 4.42. The third-order valence-electron chi connectivity index (χ3n) is 3.61. The molecule has 1 fully saturated rings. The van der Waals surface area contributed by atoms with Crippen LogP contribution in [0.3, 0.4) is 0 Å². The van der Waals surface area contributed by atoms with Crippen LogP contribution in [0.25, 0.3) is 0 Å². The second-order valence-corrected chi connectivity index (χ2v) is 5.43. The van der Waals surface area contributed by atoms with Gasteiger partial charge in [0.2, 0.25) is 0 Å². The van der Waals surface area contributed by atoms with Gasteiger partial charge in [0.1, 0.15) is 0 Å². The van der Waals surface area contributed by atoms with Crippen LogP contribution in [0.1, 0.15) is 12.0 Å². The maximum atomic E-state index is 3.60. The molecular formula is C15H25N3. The summed E-state index contributed by atoms with van der Waals surface area (Å²) < 4.78 is 0. The minimum absolute atomic E-state index is 0.655. The van der Waals surface area contributed by atoms with E-state index in [2.05, 4.69) is 59.5 Å². The summed E-state index contributed by atoms with van der Waals surface area (Å²) >= 11 is 0. The Morgan fingerprint density at radius 1 is 1.33 bits per heavy atom. The molecule has 0 amide bonds. The average Bonchev–Trinajstić information content (AvgIpc) is 2.38. The summed E-state index contributed by atoms with van der Waals surface area (Å²) in [6, 6.07) is 11.3. The minimum atomic E-state index is 0.655. The zero-order valence-electron chi connectivity index (χ0n) is 11.6. The van der Waals surface area contributed by atoms with Gasteiger partial charge in [-0.15, -0.1) is 0 Å². The highest BCUT2D eigenvalue weighted by molar-refractivity contribution is 5.14. The summed E-state index contributed by atoms with van der Waals surface area (Å²) in [5.74, 6) is 0. The van der Waals surface area contributed by atoms with Crippen molar-refractivity contribution in [3.8, 4) is 0 Å². The molecule has 0 bridgehead atoms. The maximum Gasteiger partial charge on any atom is 0.0230 e. The molecular weight excluding hydrogens is 222 g/mol. The largest absolute Gasteiger partial charge is 0.311 e. The van der Waals surface area contributed by atoms with E-state index in [1.165, 1.54) is 25.1 Å². The number of hydrogen-bond donors (Lipinski definition) is 1. The number of likely N-dealkylation sites (N-methyl/N-ethyl adjacent to an activating group) is 1. The van der Waals surface area contributed by atoms with Crippen LogP contribution in [0.15, 0.2) is 30.3 Å². The van der Waals surface area contributed by atoms with E-state index >= 15 is 0 Å². The normalized spacial score (nSPS) is 21.4. The van der Waals surface area contributed by atoms with Crippen molar-refractivity contribution in [1.82, 2.24) is 15.1 Å². The number of benzene rings is 1. The van der Waals surface area contributed by atoms with Gasteiger partial charge in [-0.2, -0.15) is 0 Å². The van der Waals surface area contributed by atoms with Crippen LogP contribution in [-0.4, -0.2) is 56.1 Å². The Balaban J connectivity index is 1.70. The number of rotatable bonds is 5. The smallest absolute Gasteiger partial charge is 0.0230 e. The monoisotopic (exact) mass is 247 g/mol. The molecule has 0 radical (unpaired) electrons. The standard InChI is InChI=1S/C15H25N3/c1-17(12-14-6-4-3-5-7-14)10-8-15-13-18(2)11-9-16-15/h3-7,15-16H,8-13H2,1-2H3. The van der Waals surface area contributed by atoms with Crippen LogP contribution >= 0.6 is 0 Å². The Bertz CT molecular complexity index is 339. The Labute approximate surface area is 111 Å². The molecule has 2 rings (SSSR count). The lowest BCUT2D eigenvalue weighted by atomic mass is 10.1. The predicted molar refractivity (Wildman–Crippen MR) is 76.7 cm³/mol. The Kier molecular flexibility index (Phi) is 5.17. The van der Waals surface area contributed by atoms with Crippen LogP contribution in [0.5, 0.6) is 0 Å². The van der Waals surface area contributed by atoms with Gasteiger partial charge in [-0.1, -0.05) is 30.3 Å². The fourth-order valence-electron chi connectivity index (χ4n) is 2.54. The molecule has 1 N–H and O–H groups in total. The van der Waals surface area contributed by atoms with Crippen molar-refractivity contribution in [1.29, 1.82) is 0 Å². The van der Waals surface area contributed by atoms with Gasteiger partial charge >= 0.3 is 0 Å². The third-order valence-corrected chi connectivity index (χ3v) is 3.61. The first-order chi connectivity index (χ1) is 8.74. The van der Waals surface area contributed by atoms with Crippen molar-refractivity contribution < 1.29 is 0 Å². The molecule has 1 aromatic rings. The number of nitrogens with one attached hydrogen (secondary N) is 1. The number of hydrogen-bond acceptors (Lipinski definition) is 3. The Hall–Kier alpha value is -0.900. The lowest BCUT2D eigenvalue weighted by molar-refractivity contribution is 0.212. The summed E-state index contributed by atoms with van der Waals surface area (Å²) in [4.78, 5) is 4.82. The van der Waals surface area contributed by atoms with Gasteiger partial charge in [-0.25, -0.2) is 0 Å². The van der Waals surface area contributed by atoms with Gasteiger partial charge < -0.3 is 15.1 Å². The number of piperazine rings is 1. The van der Waals surface area contributed by atoms with Crippen LogP contribution < -0.4 is 5.32 Å². The van der Waals surface area contributed by atoms with Gasteiger partial charge in [0, 0.05) is 32.2 Å². The summed E-state index contributed by atoms with van der Waals surface area (Å²) in [5.41, 5.74) is 1.40. The molecule has 3 heteroatoms. The van der Waals surface area contributed by atoms with Gasteiger partial charge in [0.25, 0.3) is 0 Å².